The Balaban J connectivity index is 1.56. The molecule has 0 aliphatic carbocycles. The monoisotopic (exact) mass is 395 g/mol. The second-order valence-corrected chi connectivity index (χ2v) is 7.36. The Morgan fingerprint density at radius 2 is 1.76 bits per heavy atom. The average Bonchev–Trinajstić information content (AvgIpc) is 2.75. The molecule has 4 rings (SSSR count). The normalized spacial score (nSPS) is 17.1. The van der Waals surface area contributed by atoms with Crippen molar-refractivity contribution in [1.29, 1.82) is 0 Å². The van der Waals surface area contributed by atoms with Crippen molar-refractivity contribution in [2.75, 3.05) is 37.5 Å². The van der Waals surface area contributed by atoms with E-state index in [1.165, 1.54) is 5.56 Å². The maximum atomic E-state index is 13.3. The number of hydrogen-bond donors (Lipinski definition) is 1. The van der Waals surface area contributed by atoms with Crippen LogP contribution in [-0.2, 0) is 22.6 Å². The molecule has 0 fully saturated rings. The number of para-hydroxylation sites is 2. The summed E-state index contributed by atoms with van der Waals surface area (Å²) in [5.41, 5.74) is 3.75. The number of benzene rings is 2. The molecule has 0 saturated heterocycles. The summed E-state index contributed by atoms with van der Waals surface area (Å²) in [6, 6.07) is 11.0. The van der Waals surface area contributed by atoms with Crippen LogP contribution in [0.15, 0.2) is 36.4 Å². The van der Waals surface area contributed by atoms with Crippen LogP contribution < -0.4 is 19.7 Å². The average molecular weight is 395 g/mol. The molecular weight excluding hydrogens is 370 g/mol. The lowest BCUT2D eigenvalue weighted by Gasteiger charge is -2.37. The minimum absolute atomic E-state index is 0.0373. The third-order valence-corrected chi connectivity index (χ3v) is 5.69. The molecule has 0 saturated carbocycles. The van der Waals surface area contributed by atoms with Crippen molar-refractivity contribution < 1.29 is 19.1 Å². The molecule has 1 atom stereocenters. The van der Waals surface area contributed by atoms with Gasteiger partial charge in [0.15, 0.2) is 11.5 Å². The second kappa shape index (κ2) is 7.75. The highest BCUT2D eigenvalue weighted by Crippen LogP contribution is 2.34. The number of methoxy groups -OCH3 is 2. The van der Waals surface area contributed by atoms with Gasteiger partial charge < -0.3 is 14.8 Å². The molecule has 2 heterocycles. The fraction of sp³-hybridized carbons (Fsp3) is 0.364. The van der Waals surface area contributed by atoms with E-state index in [2.05, 4.69) is 10.2 Å². The second-order valence-electron chi connectivity index (χ2n) is 7.36. The zero-order chi connectivity index (χ0) is 20.5. The number of nitrogens with one attached hydrogen (secondary N) is 1. The Morgan fingerprint density at radius 1 is 1.07 bits per heavy atom. The number of hydrogen-bond acceptors (Lipinski definition) is 5. The third kappa shape index (κ3) is 3.53. The molecule has 152 valence electrons. The van der Waals surface area contributed by atoms with Crippen molar-refractivity contribution in [1.82, 2.24) is 4.90 Å². The Bertz CT molecular complexity index is 959. The lowest BCUT2D eigenvalue weighted by molar-refractivity contribution is -0.125. The summed E-state index contributed by atoms with van der Waals surface area (Å²) in [7, 11) is 3.25. The van der Waals surface area contributed by atoms with Crippen molar-refractivity contribution in [2.24, 2.45) is 0 Å². The zero-order valence-corrected chi connectivity index (χ0v) is 16.9. The molecule has 0 bridgehead atoms. The highest BCUT2D eigenvalue weighted by Gasteiger charge is 2.33. The molecule has 2 aliphatic rings. The van der Waals surface area contributed by atoms with E-state index in [-0.39, 0.29) is 24.4 Å². The van der Waals surface area contributed by atoms with Crippen LogP contribution >= 0.6 is 0 Å². The third-order valence-electron chi connectivity index (χ3n) is 5.69. The molecule has 7 heteroatoms. The van der Waals surface area contributed by atoms with Crippen molar-refractivity contribution in [3.05, 3.63) is 47.5 Å². The molecule has 7 nitrogen and oxygen atoms in total. The Labute approximate surface area is 170 Å². The van der Waals surface area contributed by atoms with Crippen LogP contribution in [0.4, 0.5) is 11.4 Å². The standard InChI is InChI=1S/C22H25N3O4/c1-14(22(27)25-13-21(26)23-17-6-4-5-7-18(17)25)24-9-8-15-10-19(28-2)20(29-3)11-16(15)12-24/h4-7,10-11,14H,8-9,12-13H2,1-3H3,(H,23,26)/t14-/m0/s1. The quantitative estimate of drug-likeness (QED) is 0.861. The van der Waals surface area contributed by atoms with E-state index in [4.69, 9.17) is 9.47 Å². The number of carbonyl (C=O) groups is 2. The van der Waals surface area contributed by atoms with E-state index in [1.807, 2.05) is 43.3 Å². The summed E-state index contributed by atoms with van der Waals surface area (Å²) in [6.07, 6.45) is 0.824. The summed E-state index contributed by atoms with van der Waals surface area (Å²) in [5, 5.41) is 2.83. The molecular formula is C22H25N3O4. The molecule has 1 N–H and O–H groups in total. The maximum absolute atomic E-state index is 13.3. The van der Waals surface area contributed by atoms with Crippen molar-refractivity contribution in [2.45, 2.75) is 25.9 Å². The minimum atomic E-state index is -0.352. The summed E-state index contributed by atoms with van der Waals surface area (Å²) in [6.45, 7) is 3.35. The summed E-state index contributed by atoms with van der Waals surface area (Å²) < 4.78 is 10.8. The summed E-state index contributed by atoms with van der Waals surface area (Å²) in [5.74, 6) is 1.16. The smallest absolute Gasteiger partial charge is 0.244 e. The minimum Gasteiger partial charge on any atom is -0.493 e. The van der Waals surface area contributed by atoms with Gasteiger partial charge in [0, 0.05) is 13.1 Å². The van der Waals surface area contributed by atoms with Crippen LogP contribution in [0.2, 0.25) is 0 Å². The molecule has 0 radical (unpaired) electrons. The van der Waals surface area contributed by atoms with Crippen LogP contribution in [0.3, 0.4) is 0 Å². The fourth-order valence-corrected chi connectivity index (χ4v) is 4.05. The van der Waals surface area contributed by atoms with Gasteiger partial charge in [0.25, 0.3) is 0 Å². The first-order valence-corrected chi connectivity index (χ1v) is 9.70. The van der Waals surface area contributed by atoms with Gasteiger partial charge in [0.05, 0.1) is 31.6 Å². The summed E-state index contributed by atoms with van der Waals surface area (Å²) >= 11 is 0. The van der Waals surface area contributed by atoms with Gasteiger partial charge in [-0.15, -0.1) is 0 Å². The SMILES string of the molecule is COc1cc2c(cc1OC)CN([C@@H](C)C(=O)N1CC(=O)Nc3ccccc31)CC2. The van der Waals surface area contributed by atoms with Crippen molar-refractivity contribution in [3.63, 3.8) is 0 Å². The molecule has 2 aliphatic heterocycles. The number of fused-ring (bicyclic) bond motifs is 2. The van der Waals surface area contributed by atoms with Crippen LogP contribution in [-0.4, -0.2) is 50.1 Å². The van der Waals surface area contributed by atoms with Crippen LogP contribution in [0.5, 0.6) is 11.5 Å². The van der Waals surface area contributed by atoms with E-state index in [1.54, 1.807) is 19.1 Å². The first-order chi connectivity index (χ1) is 14.0. The molecule has 0 spiro atoms. The molecule has 2 amide bonds. The van der Waals surface area contributed by atoms with Crippen LogP contribution in [0, 0.1) is 0 Å². The predicted octanol–water partition coefficient (Wildman–Crippen LogP) is 2.44. The first-order valence-electron chi connectivity index (χ1n) is 9.70. The Hall–Kier alpha value is -3.06. The van der Waals surface area contributed by atoms with Crippen LogP contribution in [0.1, 0.15) is 18.1 Å². The number of ether oxygens (including phenoxy) is 2. The number of carbonyl (C=O) groups excluding carboxylic acids is 2. The molecule has 0 aromatic heterocycles. The predicted molar refractivity (Wildman–Crippen MR) is 111 cm³/mol. The topological polar surface area (TPSA) is 71.1 Å². The number of nitrogens with zero attached hydrogens (tertiary/aromatic N) is 2. The van der Waals surface area contributed by atoms with Gasteiger partial charge in [-0.25, -0.2) is 0 Å². The molecule has 2 aromatic carbocycles. The van der Waals surface area contributed by atoms with Gasteiger partial charge in [0.1, 0.15) is 6.54 Å². The lowest BCUT2D eigenvalue weighted by atomic mass is 9.97. The van der Waals surface area contributed by atoms with E-state index < -0.39 is 0 Å². The maximum Gasteiger partial charge on any atom is 0.244 e. The van der Waals surface area contributed by atoms with E-state index in [0.717, 1.165) is 30.0 Å². The zero-order valence-electron chi connectivity index (χ0n) is 16.9. The van der Waals surface area contributed by atoms with Gasteiger partial charge >= 0.3 is 0 Å². The highest BCUT2D eigenvalue weighted by molar-refractivity contribution is 6.11. The fourth-order valence-electron chi connectivity index (χ4n) is 4.05. The number of amides is 2. The number of rotatable bonds is 4. The van der Waals surface area contributed by atoms with Gasteiger partial charge in [-0.3, -0.25) is 19.4 Å². The Kier molecular flexibility index (Phi) is 5.15. The van der Waals surface area contributed by atoms with E-state index in [9.17, 15) is 9.59 Å². The summed E-state index contributed by atoms with van der Waals surface area (Å²) in [4.78, 5) is 29.1. The molecule has 0 unspecified atom stereocenters. The first kappa shape index (κ1) is 19.3. The van der Waals surface area contributed by atoms with Gasteiger partial charge in [-0.1, -0.05) is 12.1 Å². The number of anilines is 2. The van der Waals surface area contributed by atoms with Gasteiger partial charge in [-0.2, -0.15) is 0 Å². The van der Waals surface area contributed by atoms with Crippen molar-refractivity contribution in [3.8, 4) is 11.5 Å². The lowest BCUT2D eigenvalue weighted by Crippen LogP contribution is -2.52. The highest BCUT2D eigenvalue weighted by atomic mass is 16.5. The molecule has 29 heavy (non-hydrogen) atoms. The van der Waals surface area contributed by atoms with Gasteiger partial charge in [0.2, 0.25) is 11.8 Å². The Morgan fingerprint density at radius 3 is 2.48 bits per heavy atom. The van der Waals surface area contributed by atoms with Crippen molar-refractivity contribution >= 4 is 23.2 Å². The van der Waals surface area contributed by atoms with Gasteiger partial charge in [-0.05, 0) is 48.7 Å². The molecule has 2 aromatic rings. The van der Waals surface area contributed by atoms with E-state index in [0.29, 0.717) is 18.0 Å². The van der Waals surface area contributed by atoms with Crippen LogP contribution in [0.25, 0.3) is 0 Å². The van der Waals surface area contributed by atoms with E-state index >= 15 is 0 Å². The largest absolute Gasteiger partial charge is 0.493 e.